The van der Waals surface area contributed by atoms with E-state index in [9.17, 15) is 0 Å². The van der Waals surface area contributed by atoms with Gasteiger partial charge in [-0.2, -0.15) is 0 Å². The van der Waals surface area contributed by atoms with E-state index in [2.05, 4.69) is 13.2 Å². The molecule has 0 aliphatic rings. The van der Waals surface area contributed by atoms with E-state index in [-0.39, 0.29) is 0 Å². The number of aliphatic hydroxyl groups excluding tert-OH is 1. The second-order valence-corrected chi connectivity index (χ2v) is 2.23. The van der Waals surface area contributed by atoms with Gasteiger partial charge in [0.2, 0.25) is 0 Å². The maximum absolute atomic E-state index is 7.88. The molecule has 0 heterocycles. The molecule has 0 spiro atoms. The van der Waals surface area contributed by atoms with Gasteiger partial charge in [0.05, 0.1) is 11.5 Å². The lowest BCUT2D eigenvalue weighted by Gasteiger charge is -1.99. The third-order valence-corrected chi connectivity index (χ3v) is 0.572. The van der Waals surface area contributed by atoms with E-state index in [0.717, 1.165) is 6.42 Å². The molecule has 0 saturated heterocycles. The zero-order valence-electron chi connectivity index (χ0n) is 7.68. The van der Waals surface area contributed by atoms with Crippen LogP contribution in [-0.2, 0) is 4.74 Å². The molecule has 0 aromatic rings. The Hall–Kier alpha value is -0.760. The highest BCUT2D eigenvalue weighted by Crippen LogP contribution is 1.97. The molecule has 0 aromatic heterocycles. The third-order valence-electron chi connectivity index (χ3n) is 0.572. The quantitative estimate of drug-likeness (QED) is 0.639. The first-order valence-electron chi connectivity index (χ1n) is 3.64. The molecule has 0 aliphatic heterocycles. The number of allylic oxidation sites excluding steroid dienone is 2. The van der Waals surface area contributed by atoms with Crippen LogP contribution < -0.4 is 0 Å². The third kappa shape index (κ3) is 26.9. The Bertz CT molecular complexity index is 103. The minimum Gasteiger partial charge on any atom is -0.468 e. The van der Waals surface area contributed by atoms with E-state index in [0.29, 0.717) is 18.1 Å². The van der Waals surface area contributed by atoms with Crippen molar-refractivity contribution in [3.05, 3.63) is 24.7 Å². The van der Waals surface area contributed by atoms with Crippen molar-refractivity contribution >= 4 is 0 Å². The van der Waals surface area contributed by atoms with Gasteiger partial charge in [-0.25, -0.2) is 0 Å². The summed E-state index contributed by atoms with van der Waals surface area (Å²) < 4.78 is 4.86. The number of rotatable bonds is 3. The summed E-state index contributed by atoms with van der Waals surface area (Å²) in [4.78, 5) is 0. The fourth-order valence-corrected chi connectivity index (χ4v) is 0.297. The molecule has 0 saturated carbocycles. The monoisotopic (exact) mass is 158 g/mol. The lowest BCUT2D eigenvalue weighted by Crippen LogP contribution is -1.78. The van der Waals surface area contributed by atoms with Crippen molar-refractivity contribution in [1.29, 1.82) is 0 Å². The van der Waals surface area contributed by atoms with E-state index in [4.69, 9.17) is 9.84 Å². The van der Waals surface area contributed by atoms with E-state index in [1.165, 1.54) is 0 Å². The second kappa shape index (κ2) is 9.24. The van der Waals surface area contributed by atoms with Gasteiger partial charge in [0, 0.05) is 6.61 Å². The molecule has 0 fully saturated rings. The lowest BCUT2D eigenvalue weighted by atomic mass is 10.5. The maximum atomic E-state index is 7.88. The van der Waals surface area contributed by atoms with Gasteiger partial charge in [0.1, 0.15) is 0 Å². The molecule has 0 aliphatic carbocycles. The van der Waals surface area contributed by atoms with Gasteiger partial charge in [-0.1, -0.05) is 20.1 Å². The van der Waals surface area contributed by atoms with Crippen molar-refractivity contribution in [2.24, 2.45) is 0 Å². The van der Waals surface area contributed by atoms with Crippen LogP contribution >= 0.6 is 0 Å². The maximum Gasteiger partial charge on any atom is 0.0933 e. The Balaban J connectivity index is 0. The van der Waals surface area contributed by atoms with Gasteiger partial charge in [-0.3, -0.25) is 0 Å². The standard InChI is InChI=1S/C6H10O.C3H8O/c1-5(2)7-6(3)4;1-2-3-4/h1,3H2,2,4H3;4H,2-3H2,1H3. The van der Waals surface area contributed by atoms with Crippen LogP contribution in [0.1, 0.15) is 27.2 Å². The van der Waals surface area contributed by atoms with Gasteiger partial charge in [-0.05, 0) is 20.3 Å². The molecule has 0 amide bonds. The number of hydrogen-bond donors (Lipinski definition) is 1. The summed E-state index contributed by atoms with van der Waals surface area (Å²) in [6, 6.07) is 0. The first-order chi connectivity index (χ1) is 5.04. The Labute approximate surface area is 69.2 Å². The molecule has 66 valence electrons. The van der Waals surface area contributed by atoms with Crippen molar-refractivity contribution < 1.29 is 9.84 Å². The van der Waals surface area contributed by atoms with Crippen molar-refractivity contribution in [2.75, 3.05) is 6.61 Å². The van der Waals surface area contributed by atoms with E-state index < -0.39 is 0 Å². The average molecular weight is 158 g/mol. The molecule has 0 unspecified atom stereocenters. The predicted octanol–water partition coefficient (Wildman–Crippen LogP) is 2.46. The second-order valence-electron chi connectivity index (χ2n) is 2.23. The van der Waals surface area contributed by atoms with Crippen LogP contribution in [0.15, 0.2) is 24.7 Å². The van der Waals surface area contributed by atoms with Crippen molar-refractivity contribution in [3.63, 3.8) is 0 Å². The fraction of sp³-hybridized carbons (Fsp3) is 0.556. The normalized spacial score (nSPS) is 7.64. The number of aliphatic hydroxyl groups is 1. The van der Waals surface area contributed by atoms with Crippen LogP contribution in [0.25, 0.3) is 0 Å². The van der Waals surface area contributed by atoms with Gasteiger partial charge in [0.15, 0.2) is 0 Å². The molecule has 0 rings (SSSR count). The van der Waals surface area contributed by atoms with Crippen molar-refractivity contribution in [2.45, 2.75) is 27.2 Å². The van der Waals surface area contributed by atoms with Gasteiger partial charge < -0.3 is 9.84 Å². The van der Waals surface area contributed by atoms with E-state index >= 15 is 0 Å². The summed E-state index contributed by atoms with van der Waals surface area (Å²) in [5, 5.41) is 7.88. The summed E-state index contributed by atoms with van der Waals surface area (Å²) in [6.45, 7) is 12.8. The van der Waals surface area contributed by atoms with Gasteiger partial charge in [0.25, 0.3) is 0 Å². The Morgan fingerprint density at radius 2 is 1.55 bits per heavy atom. The van der Waals surface area contributed by atoms with Crippen LogP contribution in [0.4, 0.5) is 0 Å². The highest BCUT2D eigenvalue weighted by molar-refractivity contribution is 4.85. The van der Waals surface area contributed by atoms with Gasteiger partial charge >= 0.3 is 0 Å². The summed E-state index contributed by atoms with van der Waals surface area (Å²) >= 11 is 0. The molecule has 1 N–H and O–H groups in total. The van der Waals surface area contributed by atoms with Crippen molar-refractivity contribution in [1.82, 2.24) is 0 Å². The first-order valence-corrected chi connectivity index (χ1v) is 3.64. The molecule has 0 bridgehead atoms. The zero-order valence-corrected chi connectivity index (χ0v) is 7.68. The van der Waals surface area contributed by atoms with Crippen LogP contribution in [0.2, 0.25) is 0 Å². The summed E-state index contributed by atoms with van der Waals surface area (Å²) in [6.07, 6.45) is 0.875. The molecule has 11 heavy (non-hydrogen) atoms. The first kappa shape index (κ1) is 12.9. The molecular formula is C9H18O2. The van der Waals surface area contributed by atoms with Crippen LogP contribution in [0.5, 0.6) is 0 Å². The molecule has 0 aromatic carbocycles. The summed E-state index contributed by atoms with van der Waals surface area (Å²) in [5.74, 6) is 1.38. The summed E-state index contributed by atoms with van der Waals surface area (Å²) in [7, 11) is 0. The largest absolute Gasteiger partial charge is 0.468 e. The topological polar surface area (TPSA) is 29.5 Å². The molecule has 2 heteroatoms. The average Bonchev–Trinajstić information content (AvgIpc) is 1.85. The van der Waals surface area contributed by atoms with E-state index in [1.54, 1.807) is 13.8 Å². The molecular weight excluding hydrogens is 140 g/mol. The SMILES string of the molecule is C=C(C)OC(=C)C.CCCO. The molecule has 0 radical (unpaired) electrons. The van der Waals surface area contributed by atoms with Crippen LogP contribution in [0, 0.1) is 0 Å². The summed E-state index contributed by atoms with van der Waals surface area (Å²) in [5.41, 5.74) is 0. The van der Waals surface area contributed by atoms with Crippen LogP contribution in [0.3, 0.4) is 0 Å². The Morgan fingerprint density at radius 1 is 1.27 bits per heavy atom. The highest BCUT2D eigenvalue weighted by atomic mass is 16.5. The molecule has 0 atom stereocenters. The fourth-order valence-electron chi connectivity index (χ4n) is 0.297. The minimum absolute atomic E-state index is 0.319. The van der Waals surface area contributed by atoms with Gasteiger partial charge in [-0.15, -0.1) is 0 Å². The molecule has 2 nitrogen and oxygen atoms in total. The van der Waals surface area contributed by atoms with Crippen molar-refractivity contribution in [3.8, 4) is 0 Å². The predicted molar refractivity (Wildman–Crippen MR) is 48.1 cm³/mol. The van der Waals surface area contributed by atoms with E-state index in [1.807, 2.05) is 6.92 Å². The minimum atomic E-state index is 0.319. The zero-order chi connectivity index (χ0) is 9.28. The Kier molecular flexibility index (Phi) is 10.8. The Morgan fingerprint density at radius 3 is 1.55 bits per heavy atom. The smallest absolute Gasteiger partial charge is 0.0933 e. The lowest BCUT2D eigenvalue weighted by molar-refractivity contribution is 0.295. The number of ether oxygens (including phenoxy) is 1. The number of hydrogen-bond acceptors (Lipinski definition) is 2. The van der Waals surface area contributed by atoms with Crippen LogP contribution in [-0.4, -0.2) is 11.7 Å². The highest BCUT2D eigenvalue weighted by Gasteiger charge is 1.80.